The first-order chi connectivity index (χ1) is 21.0. The van der Waals surface area contributed by atoms with Crippen molar-refractivity contribution in [3.05, 3.63) is 63.1 Å². The molecular formula is C29H30F7N5O4. The number of benzene rings is 1. The van der Waals surface area contributed by atoms with E-state index in [1.54, 1.807) is 4.90 Å². The molecule has 3 aliphatic rings. The molecule has 1 saturated carbocycles. The second kappa shape index (κ2) is 12.0. The number of carbonyl (C=O) groups is 2. The number of aromatic amines is 1. The van der Waals surface area contributed by atoms with E-state index in [-0.39, 0.29) is 49.4 Å². The van der Waals surface area contributed by atoms with E-state index in [1.807, 2.05) is 23.9 Å². The van der Waals surface area contributed by atoms with Gasteiger partial charge in [-0.25, -0.2) is 22.4 Å². The minimum absolute atomic E-state index is 0.0571. The molecule has 9 nitrogen and oxygen atoms in total. The highest BCUT2D eigenvalue weighted by molar-refractivity contribution is 6.07. The van der Waals surface area contributed by atoms with Crippen molar-refractivity contribution in [2.45, 2.75) is 50.4 Å². The molecule has 45 heavy (non-hydrogen) atoms. The average Bonchev–Trinajstić information content (AvgIpc) is 2.94. The van der Waals surface area contributed by atoms with E-state index < -0.39 is 82.6 Å². The molecule has 1 aliphatic carbocycles. The van der Waals surface area contributed by atoms with Crippen molar-refractivity contribution in [2.75, 3.05) is 50.0 Å². The van der Waals surface area contributed by atoms with Gasteiger partial charge >= 0.3 is 12.3 Å². The number of halogens is 7. The van der Waals surface area contributed by atoms with Gasteiger partial charge in [-0.3, -0.25) is 9.59 Å². The number of ether oxygens (including phenoxy) is 1. The van der Waals surface area contributed by atoms with Gasteiger partial charge in [0.15, 0.2) is 5.82 Å². The van der Waals surface area contributed by atoms with Gasteiger partial charge in [0.25, 0.3) is 11.8 Å². The highest BCUT2D eigenvalue weighted by atomic mass is 19.4. The summed E-state index contributed by atoms with van der Waals surface area (Å²) in [6, 6.07) is 1.15. The zero-order valence-electron chi connectivity index (χ0n) is 24.2. The topological polar surface area (TPSA) is 98.0 Å². The number of pyridine rings is 1. The van der Waals surface area contributed by atoms with E-state index in [1.165, 1.54) is 11.0 Å². The van der Waals surface area contributed by atoms with Gasteiger partial charge in [-0.15, -0.1) is 0 Å². The Morgan fingerprint density at radius 2 is 1.82 bits per heavy atom. The van der Waals surface area contributed by atoms with Crippen LogP contribution in [0.3, 0.4) is 0 Å². The summed E-state index contributed by atoms with van der Waals surface area (Å²) in [6.07, 6.45) is -6.16. The second-order valence-corrected chi connectivity index (χ2v) is 11.5. The van der Waals surface area contributed by atoms with Crippen LogP contribution < -0.4 is 15.8 Å². The van der Waals surface area contributed by atoms with Crippen molar-refractivity contribution in [3.8, 4) is 0 Å². The number of hydrogen-bond donors (Lipinski definition) is 2. The fourth-order valence-electron chi connectivity index (χ4n) is 5.58. The quantitative estimate of drug-likeness (QED) is 0.440. The second-order valence-electron chi connectivity index (χ2n) is 11.5. The zero-order chi connectivity index (χ0) is 32.8. The molecule has 2 amide bonds. The molecule has 0 bridgehead atoms. The van der Waals surface area contributed by atoms with Gasteiger partial charge in [-0.05, 0) is 26.0 Å². The molecule has 1 aromatic heterocycles. The van der Waals surface area contributed by atoms with Crippen molar-refractivity contribution < 1.29 is 45.1 Å². The largest absolute Gasteiger partial charge is 0.446 e. The van der Waals surface area contributed by atoms with Crippen molar-refractivity contribution in [3.63, 3.8) is 0 Å². The molecule has 0 unspecified atom stereocenters. The summed E-state index contributed by atoms with van der Waals surface area (Å²) in [7, 11) is 1.86. The van der Waals surface area contributed by atoms with E-state index in [4.69, 9.17) is 4.74 Å². The standard InChI is InChI=1S/C29H30F7N5O4/c1-15-14-41(8-7-39(15)2)21-10-20(30)23(16-3-5-40(6-4-16)27(44)45-17-11-28(32,33)12-17)24(31)25(21)38-26(43)18-13-37-22(42)9-19(18)29(34,35)36/h3,9-10,13,15,17H,4-8,11-12,14H2,1-2H3,(H,37,42)(H,38,43)/t15-/m0/s1. The van der Waals surface area contributed by atoms with Gasteiger partial charge in [0, 0.05) is 69.9 Å². The number of likely N-dealkylation sites (N-methyl/N-ethyl adjacent to an activating group) is 1. The minimum atomic E-state index is -5.08. The van der Waals surface area contributed by atoms with E-state index in [0.717, 1.165) is 6.07 Å². The number of hydrogen-bond acceptors (Lipinski definition) is 6. The van der Waals surface area contributed by atoms with Crippen molar-refractivity contribution in [1.29, 1.82) is 0 Å². The Hall–Kier alpha value is -4.08. The fourth-order valence-corrected chi connectivity index (χ4v) is 5.58. The monoisotopic (exact) mass is 645 g/mol. The Balaban J connectivity index is 1.47. The van der Waals surface area contributed by atoms with Gasteiger partial charge in [0.05, 0.1) is 22.4 Å². The van der Waals surface area contributed by atoms with Crippen molar-refractivity contribution >= 4 is 28.9 Å². The van der Waals surface area contributed by atoms with Crippen LogP contribution in [0.25, 0.3) is 5.57 Å². The lowest BCUT2D eigenvalue weighted by Gasteiger charge is -2.40. The molecule has 0 spiro atoms. The summed E-state index contributed by atoms with van der Waals surface area (Å²) >= 11 is 0. The van der Waals surface area contributed by atoms with Crippen LogP contribution in [-0.2, 0) is 10.9 Å². The number of anilines is 2. The molecule has 2 aromatic rings. The third-order valence-corrected chi connectivity index (χ3v) is 8.32. The van der Waals surface area contributed by atoms with Crippen molar-refractivity contribution in [2.24, 2.45) is 0 Å². The molecule has 1 aromatic carbocycles. The van der Waals surface area contributed by atoms with Crippen LogP contribution in [0.2, 0.25) is 0 Å². The van der Waals surface area contributed by atoms with Gasteiger partial charge in [-0.2, -0.15) is 13.2 Å². The number of amides is 2. The zero-order valence-corrected chi connectivity index (χ0v) is 24.2. The molecule has 0 radical (unpaired) electrons. The van der Waals surface area contributed by atoms with Gasteiger partial charge in [0.2, 0.25) is 5.56 Å². The lowest BCUT2D eigenvalue weighted by Crippen LogP contribution is -2.50. The van der Waals surface area contributed by atoms with Crippen LogP contribution in [0.4, 0.5) is 46.9 Å². The van der Waals surface area contributed by atoms with Gasteiger partial charge in [-0.1, -0.05) is 6.08 Å². The molecular weight excluding hydrogens is 615 g/mol. The summed E-state index contributed by atoms with van der Waals surface area (Å²) in [5.74, 6) is -6.50. The number of piperazine rings is 1. The predicted molar refractivity (Wildman–Crippen MR) is 149 cm³/mol. The maximum atomic E-state index is 16.3. The van der Waals surface area contributed by atoms with E-state index in [9.17, 15) is 36.3 Å². The lowest BCUT2D eigenvalue weighted by atomic mass is 9.91. The van der Waals surface area contributed by atoms with E-state index >= 15 is 8.78 Å². The predicted octanol–water partition coefficient (Wildman–Crippen LogP) is 5.09. The highest BCUT2D eigenvalue weighted by Gasteiger charge is 2.48. The van der Waals surface area contributed by atoms with E-state index in [2.05, 4.69) is 5.32 Å². The first kappa shape index (κ1) is 32.3. The molecule has 5 rings (SSSR count). The summed E-state index contributed by atoms with van der Waals surface area (Å²) in [5, 5.41) is 2.19. The molecule has 1 atom stereocenters. The summed E-state index contributed by atoms with van der Waals surface area (Å²) in [5.41, 5.74) is -4.67. The molecule has 2 aliphatic heterocycles. The smallest absolute Gasteiger partial charge is 0.417 e. The number of rotatable bonds is 5. The van der Waals surface area contributed by atoms with Crippen LogP contribution in [0.1, 0.15) is 47.7 Å². The first-order valence-corrected chi connectivity index (χ1v) is 14.2. The number of carbonyl (C=O) groups excluding carboxylic acids is 2. The highest BCUT2D eigenvalue weighted by Crippen LogP contribution is 2.41. The minimum Gasteiger partial charge on any atom is -0.446 e. The summed E-state index contributed by atoms with van der Waals surface area (Å²) in [4.78, 5) is 44.0. The van der Waals surface area contributed by atoms with E-state index in [0.29, 0.717) is 19.3 Å². The Bertz CT molecular complexity index is 1580. The number of nitrogens with zero attached hydrogens (tertiary/aromatic N) is 3. The number of nitrogens with one attached hydrogen (secondary N) is 2. The summed E-state index contributed by atoms with van der Waals surface area (Å²) < 4.78 is 104. The fraction of sp³-hybridized carbons (Fsp3) is 0.483. The van der Waals surface area contributed by atoms with Gasteiger partial charge in [0.1, 0.15) is 17.6 Å². The Labute approximate surface area is 252 Å². The SMILES string of the molecule is C[C@H]1CN(c2cc(F)c(C3=CCN(C(=O)OC4CC(F)(F)C4)CC3)c(F)c2NC(=O)c2c[nH]c(=O)cc2C(F)(F)F)CCN1C. The van der Waals surface area contributed by atoms with Gasteiger partial charge < -0.3 is 29.7 Å². The Kier molecular flexibility index (Phi) is 8.63. The number of H-pyrrole nitrogens is 1. The van der Waals surface area contributed by atoms with Crippen LogP contribution in [0.5, 0.6) is 0 Å². The van der Waals surface area contributed by atoms with Crippen LogP contribution in [-0.4, -0.2) is 84.6 Å². The normalized spacial score (nSPS) is 20.8. The van der Waals surface area contributed by atoms with Crippen LogP contribution >= 0.6 is 0 Å². The first-order valence-electron chi connectivity index (χ1n) is 14.2. The molecule has 1 saturated heterocycles. The third kappa shape index (κ3) is 6.79. The Morgan fingerprint density at radius 1 is 1.11 bits per heavy atom. The molecule has 2 N–H and O–H groups in total. The number of alkyl halides is 5. The van der Waals surface area contributed by atoms with Crippen LogP contribution in [0, 0.1) is 11.6 Å². The maximum Gasteiger partial charge on any atom is 0.417 e. The molecule has 244 valence electrons. The Morgan fingerprint density at radius 3 is 2.42 bits per heavy atom. The average molecular weight is 646 g/mol. The maximum absolute atomic E-state index is 16.3. The third-order valence-electron chi connectivity index (χ3n) is 8.32. The number of aromatic nitrogens is 1. The molecule has 16 heteroatoms. The molecule has 2 fully saturated rings. The lowest BCUT2D eigenvalue weighted by molar-refractivity contribution is -0.147. The van der Waals surface area contributed by atoms with Crippen LogP contribution in [0.15, 0.2) is 29.2 Å². The molecule has 3 heterocycles. The summed E-state index contributed by atoms with van der Waals surface area (Å²) in [6.45, 7) is 2.74. The van der Waals surface area contributed by atoms with Crippen molar-refractivity contribution in [1.82, 2.24) is 14.8 Å².